The molecular weight excluding hydrogens is 224 g/mol. The summed E-state index contributed by atoms with van der Waals surface area (Å²) in [6.45, 7) is 5.26. The fourth-order valence-electron chi connectivity index (χ4n) is 3.26. The fraction of sp³-hybridized carbons (Fsp3) is 0.600. The Bertz CT molecular complexity index is 407. The predicted octanol–water partition coefficient (Wildman–Crippen LogP) is 1.83. The molecule has 1 aromatic rings. The van der Waals surface area contributed by atoms with Crippen LogP contribution in [0.4, 0.5) is 0 Å². The number of nitrogens with zero attached hydrogens (tertiary/aromatic N) is 1. The van der Waals surface area contributed by atoms with E-state index in [-0.39, 0.29) is 0 Å². The molecule has 0 radical (unpaired) electrons. The average Bonchev–Trinajstić information content (AvgIpc) is 2.82. The molecular formula is C15H22N2O. The maximum atomic E-state index is 5.86. The van der Waals surface area contributed by atoms with Crippen molar-refractivity contribution in [1.82, 2.24) is 4.90 Å². The summed E-state index contributed by atoms with van der Waals surface area (Å²) >= 11 is 0. The first kappa shape index (κ1) is 12.0. The van der Waals surface area contributed by atoms with Gasteiger partial charge in [-0.1, -0.05) is 18.2 Å². The Balaban J connectivity index is 1.67. The van der Waals surface area contributed by atoms with Crippen LogP contribution in [0, 0.1) is 5.92 Å². The minimum Gasteiger partial charge on any atom is -0.493 e. The van der Waals surface area contributed by atoms with Gasteiger partial charge in [0.05, 0.1) is 6.61 Å². The van der Waals surface area contributed by atoms with Crippen LogP contribution >= 0.6 is 0 Å². The third-order valence-electron chi connectivity index (χ3n) is 4.22. The van der Waals surface area contributed by atoms with Crippen molar-refractivity contribution in [2.24, 2.45) is 11.7 Å². The van der Waals surface area contributed by atoms with Crippen LogP contribution in [0.5, 0.6) is 5.75 Å². The van der Waals surface area contributed by atoms with E-state index >= 15 is 0 Å². The van der Waals surface area contributed by atoms with Gasteiger partial charge in [0, 0.05) is 24.9 Å². The first-order chi connectivity index (χ1) is 8.88. The molecule has 2 N–H and O–H groups in total. The lowest BCUT2D eigenvalue weighted by Crippen LogP contribution is -2.25. The number of unbranched alkanes of at least 4 members (excludes halogenated alkanes) is 1. The highest BCUT2D eigenvalue weighted by molar-refractivity contribution is 5.39. The summed E-state index contributed by atoms with van der Waals surface area (Å²) in [5.41, 5.74) is 6.97. The maximum absolute atomic E-state index is 5.86. The quantitative estimate of drug-likeness (QED) is 0.824. The molecule has 1 saturated heterocycles. The van der Waals surface area contributed by atoms with Crippen LogP contribution in [0.15, 0.2) is 24.3 Å². The Morgan fingerprint density at radius 2 is 2.11 bits per heavy atom. The van der Waals surface area contributed by atoms with E-state index in [2.05, 4.69) is 29.2 Å². The van der Waals surface area contributed by atoms with Crippen molar-refractivity contribution >= 4 is 0 Å². The van der Waals surface area contributed by atoms with E-state index < -0.39 is 0 Å². The molecule has 2 aliphatic heterocycles. The second kappa shape index (κ2) is 5.29. The van der Waals surface area contributed by atoms with Gasteiger partial charge in [0.25, 0.3) is 0 Å². The summed E-state index contributed by atoms with van der Waals surface area (Å²) in [6.07, 6.45) is 2.36. The monoisotopic (exact) mass is 246 g/mol. The van der Waals surface area contributed by atoms with Crippen molar-refractivity contribution in [1.29, 1.82) is 0 Å². The fourth-order valence-corrected chi connectivity index (χ4v) is 3.26. The van der Waals surface area contributed by atoms with Crippen LogP contribution in [0.1, 0.15) is 24.3 Å². The summed E-state index contributed by atoms with van der Waals surface area (Å²) < 4.78 is 5.86. The molecule has 2 aliphatic rings. The zero-order chi connectivity index (χ0) is 12.4. The standard InChI is InChI=1S/C15H22N2O/c16-7-3-4-8-17-9-12-11-18-15-6-2-1-5-13(15)14(12)10-17/h1-2,5-6,12,14H,3-4,7-11,16H2. The van der Waals surface area contributed by atoms with E-state index in [1.54, 1.807) is 0 Å². The van der Waals surface area contributed by atoms with E-state index in [1.165, 1.54) is 31.6 Å². The largest absolute Gasteiger partial charge is 0.493 e. The Hall–Kier alpha value is -1.06. The van der Waals surface area contributed by atoms with Crippen LogP contribution in [0.3, 0.4) is 0 Å². The van der Waals surface area contributed by atoms with Gasteiger partial charge in [-0.2, -0.15) is 0 Å². The number of ether oxygens (including phenoxy) is 1. The Morgan fingerprint density at radius 3 is 3.00 bits per heavy atom. The highest BCUT2D eigenvalue weighted by Gasteiger charge is 2.38. The summed E-state index contributed by atoms with van der Waals surface area (Å²) in [4.78, 5) is 2.58. The molecule has 0 aromatic heterocycles. The number of hydrogen-bond donors (Lipinski definition) is 1. The van der Waals surface area contributed by atoms with E-state index in [0.717, 1.165) is 25.3 Å². The number of fused-ring (bicyclic) bond motifs is 3. The molecule has 1 aromatic carbocycles. The number of benzene rings is 1. The number of para-hydroxylation sites is 1. The lowest BCUT2D eigenvalue weighted by Gasteiger charge is -2.27. The Morgan fingerprint density at radius 1 is 1.22 bits per heavy atom. The Labute approximate surface area is 109 Å². The van der Waals surface area contributed by atoms with Crippen molar-refractivity contribution in [3.05, 3.63) is 29.8 Å². The predicted molar refractivity (Wildman–Crippen MR) is 72.9 cm³/mol. The average molecular weight is 246 g/mol. The second-order valence-electron chi connectivity index (χ2n) is 5.47. The highest BCUT2D eigenvalue weighted by atomic mass is 16.5. The minimum absolute atomic E-state index is 0.674. The van der Waals surface area contributed by atoms with Crippen molar-refractivity contribution in [3.63, 3.8) is 0 Å². The summed E-state index contributed by atoms with van der Waals surface area (Å²) in [5.74, 6) is 2.45. The summed E-state index contributed by atoms with van der Waals surface area (Å²) in [5, 5.41) is 0. The van der Waals surface area contributed by atoms with Gasteiger partial charge in [-0.05, 0) is 37.6 Å². The zero-order valence-corrected chi connectivity index (χ0v) is 10.8. The van der Waals surface area contributed by atoms with Crippen molar-refractivity contribution in [2.45, 2.75) is 18.8 Å². The van der Waals surface area contributed by atoms with E-state index in [9.17, 15) is 0 Å². The zero-order valence-electron chi connectivity index (χ0n) is 10.8. The third-order valence-corrected chi connectivity index (χ3v) is 4.22. The van der Waals surface area contributed by atoms with Crippen molar-refractivity contribution < 1.29 is 4.74 Å². The Kier molecular flexibility index (Phi) is 3.52. The number of rotatable bonds is 4. The molecule has 1 fully saturated rings. The highest BCUT2D eigenvalue weighted by Crippen LogP contribution is 2.41. The lowest BCUT2D eigenvalue weighted by molar-refractivity contribution is 0.212. The maximum Gasteiger partial charge on any atom is 0.122 e. The van der Waals surface area contributed by atoms with Crippen LogP contribution in [0.25, 0.3) is 0 Å². The van der Waals surface area contributed by atoms with Crippen molar-refractivity contribution in [3.8, 4) is 5.75 Å². The van der Waals surface area contributed by atoms with E-state index in [4.69, 9.17) is 10.5 Å². The molecule has 0 aliphatic carbocycles. The van der Waals surface area contributed by atoms with Gasteiger partial charge in [-0.25, -0.2) is 0 Å². The number of nitrogens with two attached hydrogens (primary N) is 1. The molecule has 0 amide bonds. The van der Waals surface area contributed by atoms with Gasteiger partial charge in [-0.15, -0.1) is 0 Å². The minimum atomic E-state index is 0.674. The molecule has 2 atom stereocenters. The molecule has 2 heterocycles. The molecule has 2 unspecified atom stereocenters. The van der Waals surface area contributed by atoms with E-state index in [1.807, 2.05) is 0 Å². The van der Waals surface area contributed by atoms with Gasteiger partial charge in [-0.3, -0.25) is 0 Å². The second-order valence-corrected chi connectivity index (χ2v) is 5.47. The van der Waals surface area contributed by atoms with Gasteiger partial charge >= 0.3 is 0 Å². The first-order valence-corrected chi connectivity index (χ1v) is 7.02. The normalized spacial score (nSPS) is 26.5. The topological polar surface area (TPSA) is 38.5 Å². The van der Waals surface area contributed by atoms with Gasteiger partial charge < -0.3 is 15.4 Å². The van der Waals surface area contributed by atoms with Gasteiger partial charge in [0.2, 0.25) is 0 Å². The van der Waals surface area contributed by atoms with Crippen molar-refractivity contribution in [2.75, 3.05) is 32.8 Å². The molecule has 3 nitrogen and oxygen atoms in total. The van der Waals surface area contributed by atoms with Gasteiger partial charge in [0.1, 0.15) is 5.75 Å². The van der Waals surface area contributed by atoms with E-state index in [0.29, 0.717) is 11.8 Å². The smallest absolute Gasteiger partial charge is 0.122 e. The third kappa shape index (κ3) is 2.25. The first-order valence-electron chi connectivity index (χ1n) is 7.02. The van der Waals surface area contributed by atoms with Crippen LogP contribution in [0.2, 0.25) is 0 Å². The summed E-state index contributed by atoms with van der Waals surface area (Å²) in [6, 6.07) is 8.52. The van der Waals surface area contributed by atoms with Crippen LogP contribution < -0.4 is 10.5 Å². The SMILES string of the molecule is NCCCCN1CC2COc3ccccc3C2C1. The molecule has 0 bridgehead atoms. The molecule has 3 heteroatoms. The molecule has 0 saturated carbocycles. The molecule has 18 heavy (non-hydrogen) atoms. The van der Waals surface area contributed by atoms with Crippen LogP contribution in [-0.4, -0.2) is 37.7 Å². The molecule has 98 valence electrons. The number of hydrogen-bond acceptors (Lipinski definition) is 3. The molecule has 0 spiro atoms. The van der Waals surface area contributed by atoms with Gasteiger partial charge in [0.15, 0.2) is 0 Å². The van der Waals surface area contributed by atoms with Crippen LogP contribution in [-0.2, 0) is 0 Å². The lowest BCUT2D eigenvalue weighted by atomic mass is 9.87. The number of likely N-dealkylation sites (tertiary alicyclic amines) is 1. The molecule has 3 rings (SSSR count). The summed E-state index contributed by atoms with van der Waals surface area (Å²) in [7, 11) is 0.